The van der Waals surface area contributed by atoms with E-state index in [0.717, 1.165) is 25.1 Å². The molecule has 2 fully saturated rings. The van der Waals surface area contributed by atoms with E-state index in [1.54, 1.807) is 34.1 Å². The van der Waals surface area contributed by atoms with Gasteiger partial charge >= 0.3 is 6.18 Å². The van der Waals surface area contributed by atoms with Crippen LogP contribution >= 0.6 is 11.6 Å². The molecule has 2 aliphatic heterocycles. The number of nitrogens with zero attached hydrogens (tertiary/aromatic N) is 4. The summed E-state index contributed by atoms with van der Waals surface area (Å²) in [7, 11) is 0. The third kappa shape index (κ3) is 5.40. The zero-order chi connectivity index (χ0) is 23.6. The fourth-order valence-electron chi connectivity index (χ4n) is 4.29. The summed E-state index contributed by atoms with van der Waals surface area (Å²) in [6.45, 7) is 2.89. The van der Waals surface area contributed by atoms with Crippen molar-refractivity contribution >= 4 is 29.2 Å². The minimum Gasteiger partial charge on any atom is -0.353 e. The Hall–Kier alpha value is -2.81. The first-order valence-electron chi connectivity index (χ1n) is 10.8. The zero-order valence-electron chi connectivity index (χ0n) is 17.9. The maximum atomic E-state index is 13.1. The highest BCUT2D eigenvalue weighted by Crippen LogP contribution is 2.29. The number of benzene rings is 1. The Morgan fingerprint density at radius 1 is 0.939 bits per heavy atom. The predicted molar refractivity (Wildman–Crippen MR) is 118 cm³/mol. The van der Waals surface area contributed by atoms with Gasteiger partial charge in [0.05, 0.1) is 11.5 Å². The second-order valence-electron chi connectivity index (χ2n) is 8.31. The Morgan fingerprint density at radius 2 is 1.64 bits per heavy atom. The Labute approximate surface area is 194 Å². The molecule has 0 bridgehead atoms. The first kappa shape index (κ1) is 23.4. The normalized spacial score (nSPS) is 19.5. The van der Waals surface area contributed by atoms with Crippen LogP contribution in [0.5, 0.6) is 0 Å². The average molecular weight is 481 g/mol. The van der Waals surface area contributed by atoms with Crippen molar-refractivity contribution in [2.24, 2.45) is 5.92 Å². The first-order chi connectivity index (χ1) is 15.7. The summed E-state index contributed by atoms with van der Waals surface area (Å²) >= 11 is 5.90. The first-order valence-corrected chi connectivity index (χ1v) is 11.2. The van der Waals surface area contributed by atoms with E-state index in [0.29, 0.717) is 55.7 Å². The second-order valence-corrected chi connectivity index (χ2v) is 8.75. The van der Waals surface area contributed by atoms with E-state index in [2.05, 4.69) is 4.98 Å². The number of carbonyl (C=O) groups excluding carboxylic acids is 2. The summed E-state index contributed by atoms with van der Waals surface area (Å²) in [6.07, 6.45) is -2.10. The number of amides is 2. The quantitative estimate of drug-likeness (QED) is 0.667. The lowest BCUT2D eigenvalue weighted by molar-refractivity contribution is -0.138. The van der Waals surface area contributed by atoms with Gasteiger partial charge in [0.25, 0.3) is 5.91 Å². The standard InChI is InChI=1S/C23H24ClF3N4O2/c24-19-6-3-16(4-7-19)21(32)31-9-1-2-17(15-31)22(33)30-12-10-29(11-13-30)20-8-5-18(14-28-20)23(25,26)27/h3-8,14,17H,1-2,9-13,15H2. The number of carbonyl (C=O) groups is 2. The number of hydrogen-bond acceptors (Lipinski definition) is 4. The number of piperazine rings is 1. The molecule has 2 amide bonds. The molecular weight excluding hydrogens is 457 g/mol. The van der Waals surface area contributed by atoms with Gasteiger partial charge in [0, 0.05) is 56.1 Å². The number of hydrogen-bond donors (Lipinski definition) is 0. The molecule has 33 heavy (non-hydrogen) atoms. The van der Waals surface area contributed by atoms with Gasteiger partial charge in [-0.2, -0.15) is 13.2 Å². The van der Waals surface area contributed by atoms with Gasteiger partial charge in [-0.15, -0.1) is 0 Å². The van der Waals surface area contributed by atoms with Gasteiger partial charge in [0.1, 0.15) is 5.82 Å². The molecule has 0 N–H and O–H groups in total. The number of anilines is 1. The highest BCUT2D eigenvalue weighted by Gasteiger charge is 2.34. The van der Waals surface area contributed by atoms with Crippen LogP contribution in [-0.2, 0) is 11.0 Å². The summed E-state index contributed by atoms with van der Waals surface area (Å²) in [6, 6.07) is 9.10. The molecule has 6 nitrogen and oxygen atoms in total. The Bertz CT molecular complexity index is 990. The van der Waals surface area contributed by atoms with Crippen molar-refractivity contribution < 1.29 is 22.8 Å². The van der Waals surface area contributed by atoms with Gasteiger partial charge in [-0.25, -0.2) is 4.98 Å². The Morgan fingerprint density at radius 3 is 2.24 bits per heavy atom. The molecule has 1 aromatic heterocycles. The Balaban J connectivity index is 1.32. The van der Waals surface area contributed by atoms with Crippen molar-refractivity contribution in [2.75, 3.05) is 44.2 Å². The van der Waals surface area contributed by atoms with Gasteiger partial charge in [-0.3, -0.25) is 9.59 Å². The second kappa shape index (κ2) is 9.59. The van der Waals surface area contributed by atoms with Crippen LogP contribution < -0.4 is 4.90 Å². The fourth-order valence-corrected chi connectivity index (χ4v) is 4.42. The van der Waals surface area contributed by atoms with Crippen molar-refractivity contribution in [1.82, 2.24) is 14.8 Å². The average Bonchev–Trinajstić information content (AvgIpc) is 2.83. The highest BCUT2D eigenvalue weighted by atomic mass is 35.5. The minimum absolute atomic E-state index is 0.0173. The predicted octanol–water partition coefficient (Wildman–Crippen LogP) is 3.95. The van der Waals surface area contributed by atoms with E-state index in [-0.39, 0.29) is 17.7 Å². The molecule has 4 rings (SSSR count). The molecular formula is C23H24ClF3N4O2. The van der Waals surface area contributed by atoms with E-state index in [1.165, 1.54) is 6.07 Å². The summed E-state index contributed by atoms with van der Waals surface area (Å²) in [5.74, 6) is 0.115. The van der Waals surface area contributed by atoms with Crippen LogP contribution in [0.3, 0.4) is 0 Å². The van der Waals surface area contributed by atoms with Crippen LogP contribution in [0.4, 0.5) is 19.0 Å². The maximum absolute atomic E-state index is 13.1. The molecule has 0 saturated carbocycles. The van der Waals surface area contributed by atoms with E-state index in [9.17, 15) is 22.8 Å². The van der Waals surface area contributed by atoms with Crippen molar-refractivity contribution in [3.63, 3.8) is 0 Å². The van der Waals surface area contributed by atoms with Gasteiger partial charge in [-0.1, -0.05) is 11.6 Å². The smallest absolute Gasteiger partial charge is 0.353 e. The van der Waals surface area contributed by atoms with E-state index in [4.69, 9.17) is 11.6 Å². The largest absolute Gasteiger partial charge is 0.417 e. The van der Waals surface area contributed by atoms with Crippen molar-refractivity contribution in [3.05, 3.63) is 58.7 Å². The molecule has 3 heterocycles. The van der Waals surface area contributed by atoms with Gasteiger partial charge in [0.15, 0.2) is 0 Å². The van der Waals surface area contributed by atoms with Crippen LogP contribution in [-0.4, -0.2) is 65.9 Å². The number of alkyl halides is 3. The summed E-state index contributed by atoms with van der Waals surface area (Å²) in [5.41, 5.74) is -0.236. The zero-order valence-corrected chi connectivity index (χ0v) is 18.6. The van der Waals surface area contributed by atoms with Crippen LogP contribution in [0.1, 0.15) is 28.8 Å². The molecule has 1 unspecified atom stereocenters. The van der Waals surface area contributed by atoms with Crippen molar-refractivity contribution in [3.8, 4) is 0 Å². The van der Waals surface area contributed by atoms with E-state index >= 15 is 0 Å². The summed E-state index contributed by atoms with van der Waals surface area (Å²) < 4.78 is 38.2. The Kier molecular flexibility index (Phi) is 6.78. The SMILES string of the molecule is O=C(c1ccc(Cl)cc1)N1CCCC(C(=O)N2CCN(c3ccc(C(F)(F)F)cn3)CC2)C1. The lowest BCUT2D eigenvalue weighted by Gasteiger charge is -2.39. The number of likely N-dealkylation sites (tertiary alicyclic amines) is 1. The lowest BCUT2D eigenvalue weighted by Crippen LogP contribution is -2.53. The lowest BCUT2D eigenvalue weighted by atomic mass is 9.95. The molecule has 176 valence electrons. The molecule has 1 atom stereocenters. The number of halogens is 4. The van der Waals surface area contributed by atoms with E-state index in [1.807, 2.05) is 4.90 Å². The molecule has 0 aliphatic carbocycles. The van der Waals surface area contributed by atoms with Crippen LogP contribution in [0.15, 0.2) is 42.6 Å². The van der Waals surface area contributed by atoms with Gasteiger partial charge in [-0.05, 0) is 49.2 Å². The number of pyridine rings is 1. The highest BCUT2D eigenvalue weighted by molar-refractivity contribution is 6.30. The maximum Gasteiger partial charge on any atom is 0.417 e. The van der Waals surface area contributed by atoms with Crippen LogP contribution in [0.2, 0.25) is 5.02 Å². The van der Waals surface area contributed by atoms with Crippen LogP contribution in [0.25, 0.3) is 0 Å². The monoisotopic (exact) mass is 480 g/mol. The molecule has 10 heteroatoms. The topological polar surface area (TPSA) is 56.8 Å². The number of piperidine rings is 1. The molecule has 0 radical (unpaired) electrons. The van der Waals surface area contributed by atoms with E-state index < -0.39 is 11.7 Å². The molecule has 1 aromatic carbocycles. The third-order valence-electron chi connectivity index (χ3n) is 6.14. The van der Waals surface area contributed by atoms with Gasteiger partial charge < -0.3 is 14.7 Å². The molecule has 2 aliphatic rings. The molecule has 2 aromatic rings. The van der Waals surface area contributed by atoms with Crippen molar-refractivity contribution in [1.29, 1.82) is 0 Å². The molecule has 2 saturated heterocycles. The number of rotatable bonds is 3. The summed E-state index contributed by atoms with van der Waals surface area (Å²) in [5, 5.41) is 0.559. The minimum atomic E-state index is -4.42. The number of aromatic nitrogens is 1. The fraction of sp³-hybridized carbons (Fsp3) is 0.435. The third-order valence-corrected chi connectivity index (χ3v) is 6.39. The summed E-state index contributed by atoms with van der Waals surface area (Å²) in [4.78, 5) is 35.2. The van der Waals surface area contributed by atoms with Gasteiger partial charge in [0.2, 0.25) is 5.91 Å². The molecule has 0 spiro atoms. The van der Waals surface area contributed by atoms with Crippen LogP contribution in [0, 0.1) is 5.92 Å². The van der Waals surface area contributed by atoms with Crippen molar-refractivity contribution in [2.45, 2.75) is 19.0 Å².